The summed E-state index contributed by atoms with van der Waals surface area (Å²) in [6.07, 6.45) is -3.07. The number of amides is 2. The number of nitrogens with zero attached hydrogens (tertiary/aromatic N) is 2. The molecular weight excluding hydrogens is 435 g/mol. The average molecular weight is 470 g/mol. The molecule has 2 aliphatic rings. The molecule has 0 aliphatic carbocycles. The summed E-state index contributed by atoms with van der Waals surface area (Å²) >= 11 is 0. The molecule has 0 saturated carbocycles. The van der Waals surface area contributed by atoms with E-state index in [1.165, 1.54) is 12.1 Å². The number of nitrogens with one attached hydrogen (secondary N) is 1. The molecule has 33 heavy (non-hydrogen) atoms. The van der Waals surface area contributed by atoms with Gasteiger partial charge in [0.25, 0.3) is 5.91 Å². The number of ether oxygens (including phenoxy) is 1. The zero-order valence-corrected chi connectivity index (χ0v) is 19.7. The lowest BCUT2D eigenvalue weighted by molar-refractivity contribution is -0.137. The van der Waals surface area contributed by atoms with E-state index in [2.05, 4.69) is 37.9 Å². The second-order valence-corrected chi connectivity index (χ2v) is 9.83. The third-order valence-electron chi connectivity index (χ3n) is 6.58. The van der Waals surface area contributed by atoms with Gasteiger partial charge in [-0.1, -0.05) is 0 Å². The van der Waals surface area contributed by atoms with Gasteiger partial charge in [0.05, 0.1) is 17.8 Å². The van der Waals surface area contributed by atoms with Crippen LogP contribution >= 0.6 is 0 Å². The first-order valence-corrected chi connectivity index (χ1v) is 11.5. The largest absolute Gasteiger partial charge is 0.416 e. The number of hydrogen-bond acceptors (Lipinski definition) is 4. The van der Waals surface area contributed by atoms with Gasteiger partial charge in [-0.2, -0.15) is 13.2 Å². The van der Waals surface area contributed by atoms with E-state index in [1.807, 2.05) is 0 Å². The zero-order chi connectivity index (χ0) is 24.4. The molecule has 2 atom stereocenters. The third-order valence-corrected chi connectivity index (χ3v) is 6.58. The first-order chi connectivity index (χ1) is 15.4. The van der Waals surface area contributed by atoms with E-state index in [0.717, 1.165) is 25.2 Å². The summed E-state index contributed by atoms with van der Waals surface area (Å²) in [7, 11) is 0. The van der Waals surface area contributed by atoms with Crippen molar-refractivity contribution in [3.8, 4) is 0 Å². The number of carbonyl (C=O) groups is 2. The number of alkyl halides is 3. The molecule has 9 heteroatoms. The highest BCUT2D eigenvalue weighted by atomic mass is 19.4. The van der Waals surface area contributed by atoms with Crippen LogP contribution in [0, 0.1) is 5.92 Å². The van der Waals surface area contributed by atoms with Gasteiger partial charge in [0.15, 0.2) is 0 Å². The fraction of sp³-hybridized carbons (Fsp3) is 0.667. The smallest absolute Gasteiger partial charge is 0.373 e. The zero-order valence-electron chi connectivity index (χ0n) is 19.7. The SMILES string of the molecule is CC1CN(C(C)(C)CNC(=O)C2CCN(C(=O)c3ccc(C(F)(F)F)cc3)CC2)CC(C)O1. The van der Waals surface area contributed by atoms with Gasteiger partial charge in [-0.15, -0.1) is 0 Å². The summed E-state index contributed by atoms with van der Waals surface area (Å²) in [5.41, 5.74) is -0.763. The van der Waals surface area contributed by atoms with Gasteiger partial charge in [0, 0.05) is 49.7 Å². The highest BCUT2D eigenvalue weighted by Gasteiger charge is 2.35. The number of halogens is 3. The molecule has 2 unspecified atom stereocenters. The van der Waals surface area contributed by atoms with Crippen LogP contribution in [0.5, 0.6) is 0 Å². The van der Waals surface area contributed by atoms with Crippen molar-refractivity contribution >= 4 is 11.8 Å². The lowest BCUT2D eigenvalue weighted by atomic mass is 9.94. The molecule has 1 aromatic rings. The Hall–Kier alpha value is -2.13. The van der Waals surface area contributed by atoms with Crippen LogP contribution in [0.15, 0.2) is 24.3 Å². The predicted octanol–water partition coefficient (Wildman–Crippen LogP) is 3.56. The Morgan fingerprint density at radius 1 is 1.03 bits per heavy atom. The Morgan fingerprint density at radius 3 is 2.09 bits per heavy atom. The van der Waals surface area contributed by atoms with Gasteiger partial charge in [-0.3, -0.25) is 14.5 Å². The second kappa shape index (κ2) is 10.0. The first kappa shape index (κ1) is 25.5. The van der Waals surface area contributed by atoms with Crippen molar-refractivity contribution in [2.24, 2.45) is 5.92 Å². The van der Waals surface area contributed by atoms with E-state index in [0.29, 0.717) is 32.5 Å². The van der Waals surface area contributed by atoms with Crippen LogP contribution in [0.3, 0.4) is 0 Å². The molecule has 184 valence electrons. The average Bonchev–Trinajstić information content (AvgIpc) is 2.76. The number of morpholine rings is 1. The molecular formula is C24H34F3N3O3. The van der Waals surface area contributed by atoms with Crippen molar-refractivity contribution in [3.05, 3.63) is 35.4 Å². The summed E-state index contributed by atoms with van der Waals surface area (Å²) in [4.78, 5) is 29.4. The Morgan fingerprint density at radius 2 is 1.58 bits per heavy atom. The minimum absolute atomic E-state index is 0.0148. The van der Waals surface area contributed by atoms with E-state index in [9.17, 15) is 22.8 Å². The fourth-order valence-electron chi connectivity index (χ4n) is 4.56. The van der Waals surface area contributed by atoms with E-state index >= 15 is 0 Å². The lowest BCUT2D eigenvalue weighted by Crippen LogP contribution is -2.59. The molecule has 0 aromatic heterocycles. The molecule has 2 fully saturated rings. The molecule has 0 radical (unpaired) electrons. The fourth-order valence-corrected chi connectivity index (χ4v) is 4.56. The number of benzene rings is 1. The quantitative estimate of drug-likeness (QED) is 0.717. The summed E-state index contributed by atoms with van der Waals surface area (Å²) in [5.74, 6) is -0.502. The minimum Gasteiger partial charge on any atom is -0.373 e. The van der Waals surface area contributed by atoms with Gasteiger partial charge in [-0.05, 0) is 64.8 Å². The van der Waals surface area contributed by atoms with Crippen molar-refractivity contribution in [2.75, 3.05) is 32.7 Å². The number of carbonyl (C=O) groups excluding carboxylic acids is 2. The number of rotatable bonds is 5. The molecule has 1 aromatic carbocycles. The van der Waals surface area contributed by atoms with Crippen molar-refractivity contribution in [2.45, 2.75) is 64.5 Å². The molecule has 2 saturated heterocycles. The van der Waals surface area contributed by atoms with Crippen LogP contribution in [0.1, 0.15) is 56.5 Å². The lowest BCUT2D eigenvalue weighted by Gasteiger charge is -2.45. The molecule has 2 aliphatic heterocycles. The predicted molar refractivity (Wildman–Crippen MR) is 119 cm³/mol. The van der Waals surface area contributed by atoms with E-state index in [-0.39, 0.29) is 41.0 Å². The van der Waals surface area contributed by atoms with E-state index < -0.39 is 11.7 Å². The van der Waals surface area contributed by atoms with Crippen molar-refractivity contribution in [3.63, 3.8) is 0 Å². The highest BCUT2D eigenvalue weighted by molar-refractivity contribution is 5.94. The molecule has 0 bridgehead atoms. The second-order valence-electron chi connectivity index (χ2n) is 9.83. The van der Waals surface area contributed by atoms with Crippen molar-refractivity contribution in [1.29, 1.82) is 0 Å². The van der Waals surface area contributed by atoms with E-state index in [4.69, 9.17) is 4.74 Å². The summed E-state index contributed by atoms with van der Waals surface area (Å²) in [6, 6.07) is 4.26. The molecule has 2 amide bonds. The number of likely N-dealkylation sites (tertiary alicyclic amines) is 1. The normalized spacial score (nSPS) is 23.4. The van der Waals surface area contributed by atoms with Crippen LogP contribution in [-0.4, -0.2) is 72.1 Å². The van der Waals surface area contributed by atoms with Crippen LogP contribution in [0.25, 0.3) is 0 Å². The molecule has 1 N–H and O–H groups in total. The number of piperidine rings is 1. The molecule has 3 rings (SSSR count). The summed E-state index contributed by atoms with van der Waals surface area (Å²) < 4.78 is 44.0. The Kier molecular flexibility index (Phi) is 7.73. The number of hydrogen-bond donors (Lipinski definition) is 1. The maximum atomic E-state index is 12.8. The van der Waals surface area contributed by atoms with Crippen molar-refractivity contribution in [1.82, 2.24) is 15.1 Å². The molecule has 6 nitrogen and oxygen atoms in total. The third kappa shape index (κ3) is 6.47. The molecule has 2 heterocycles. The maximum Gasteiger partial charge on any atom is 0.416 e. The van der Waals surface area contributed by atoms with Crippen LogP contribution < -0.4 is 5.32 Å². The van der Waals surface area contributed by atoms with Gasteiger partial charge >= 0.3 is 6.18 Å². The summed E-state index contributed by atoms with van der Waals surface area (Å²) in [5, 5.41) is 3.08. The Labute approximate surface area is 193 Å². The van der Waals surface area contributed by atoms with Gasteiger partial charge in [0.2, 0.25) is 5.91 Å². The Bertz CT molecular complexity index is 824. The standard InChI is InChI=1S/C24H34F3N3O3/c1-16-13-30(14-17(2)33-16)23(3,4)15-28-21(31)18-9-11-29(12-10-18)22(32)19-5-7-20(8-6-19)24(25,26)27/h5-8,16-18H,9-15H2,1-4H3,(H,28,31). The highest BCUT2D eigenvalue weighted by Crippen LogP contribution is 2.29. The topological polar surface area (TPSA) is 61.9 Å². The molecule has 0 spiro atoms. The van der Waals surface area contributed by atoms with Gasteiger partial charge in [-0.25, -0.2) is 0 Å². The van der Waals surface area contributed by atoms with Crippen molar-refractivity contribution < 1.29 is 27.5 Å². The van der Waals surface area contributed by atoms with Gasteiger partial charge < -0.3 is 15.0 Å². The van der Waals surface area contributed by atoms with Crippen LogP contribution in [0.2, 0.25) is 0 Å². The van der Waals surface area contributed by atoms with Crippen LogP contribution in [-0.2, 0) is 15.7 Å². The minimum atomic E-state index is -4.43. The first-order valence-electron chi connectivity index (χ1n) is 11.5. The summed E-state index contributed by atoms with van der Waals surface area (Å²) in [6.45, 7) is 11.3. The van der Waals surface area contributed by atoms with Gasteiger partial charge in [0.1, 0.15) is 0 Å². The Balaban J connectivity index is 1.48. The van der Waals surface area contributed by atoms with E-state index in [1.54, 1.807) is 4.90 Å². The monoisotopic (exact) mass is 469 g/mol. The van der Waals surface area contributed by atoms with Crippen LogP contribution in [0.4, 0.5) is 13.2 Å². The maximum absolute atomic E-state index is 12.8.